The van der Waals surface area contributed by atoms with Gasteiger partial charge in [0.15, 0.2) is 5.96 Å². The van der Waals surface area contributed by atoms with E-state index >= 15 is 0 Å². The van der Waals surface area contributed by atoms with Crippen molar-refractivity contribution in [1.82, 2.24) is 5.32 Å². The lowest BCUT2D eigenvalue weighted by molar-refractivity contribution is 0.172. The molecule has 0 atom stereocenters. The summed E-state index contributed by atoms with van der Waals surface area (Å²) in [4.78, 5) is 4.39. The second kappa shape index (κ2) is 10.7. The summed E-state index contributed by atoms with van der Waals surface area (Å²) in [6, 6.07) is 6.13. The molecule has 1 aromatic rings. The average molecular weight is 435 g/mol. The maximum atomic E-state index is 5.91. The van der Waals surface area contributed by atoms with Crippen LogP contribution in [0.1, 0.15) is 38.3 Å². The van der Waals surface area contributed by atoms with Crippen LogP contribution in [-0.4, -0.2) is 31.8 Å². The van der Waals surface area contributed by atoms with Crippen LogP contribution in [0.5, 0.6) is 5.75 Å². The zero-order valence-corrected chi connectivity index (χ0v) is 17.1. The number of guanidine groups is 1. The molecule has 0 saturated carbocycles. The van der Waals surface area contributed by atoms with E-state index in [9.17, 15) is 0 Å². The van der Waals surface area contributed by atoms with Gasteiger partial charge in [-0.2, -0.15) is 0 Å². The molecule has 0 aliphatic heterocycles. The largest absolute Gasteiger partial charge is 0.493 e. The van der Waals surface area contributed by atoms with E-state index in [1.165, 1.54) is 0 Å². The van der Waals surface area contributed by atoms with E-state index in [4.69, 9.17) is 15.2 Å². The SMILES string of the molecule is COCCCOc1cc(C)ccc1CN=C(N)NC(C)(C)C.I. The lowest BCUT2D eigenvalue weighted by Crippen LogP contribution is -2.44. The fraction of sp³-hybridized carbons (Fsp3) is 0.588. The fourth-order valence-corrected chi connectivity index (χ4v) is 1.91. The van der Waals surface area contributed by atoms with Crippen molar-refractivity contribution < 1.29 is 9.47 Å². The van der Waals surface area contributed by atoms with Crippen molar-refractivity contribution in [2.24, 2.45) is 10.7 Å². The van der Waals surface area contributed by atoms with Gasteiger partial charge in [0.05, 0.1) is 13.2 Å². The normalized spacial score (nSPS) is 11.8. The quantitative estimate of drug-likeness (QED) is 0.299. The van der Waals surface area contributed by atoms with Crippen LogP contribution in [0.2, 0.25) is 0 Å². The van der Waals surface area contributed by atoms with Gasteiger partial charge in [0, 0.05) is 31.2 Å². The van der Waals surface area contributed by atoms with E-state index in [0.717, 1.165) is 23.3 Å². The topological polar surface area (TPSA) is 68.9 Å². The summed E-state index contributed by atoms with van der Waals surface area (Å²) in [5.41, 5.74) is 8.00. The standard InChI is InChI=1S/C17H29N3O2.HI/c1-13-7-8-14(12-19-16(18)20-17(2,3)4)15(11-13)22-10-6-9-21-5;/h7-8,11H,6,9-10,12H2,1-5H3,(H3,18,19,20);1H. The van der Waals surface area contributed by atoms with Crippen LogP contribution in [0.25, 0.3) is 0 Å². The molecule has 0 aliphatic rings. The Labute approximate surface area is 157 Å². The molecule has 0 amide bonds. The molecule has 0 spiro atoms. The zero-order chi connectivity index (χ0) is 16.6. The highest BCUT2D eigenvalue weighted by atomic mass is 127. The zero-order valence-electron chi connectivity index (χ0n) is 14.8. The summed E-state index contributed by atoms with van der Waals surface area (Å²) in [5, 5.41) is 3.15. The highest BCUT2D eigenvalue weighted by molar-refractivity contribution is 14.0. The molecule has 0 saturated heterocycles. The first-order valence-electron chi connectivity index (χ1n) is 7.61. The maximum Gasteiger partial charge on any atom is 0.189 e. The number of halogens is 1. The van der Waals surface area contributed by atoms with Gasteiger partial charge in [0.1, 0.15) is 5.75 Å². The van der Waals surface area contributed by atoms with Crippen LogP contribution in [0.3, 0.4) is 0 Å². The molecule has 0 aromatic heterocycles. The van der Waals surface area contributed by atoms with E-state index in [1.807, 2.05) is 39.8 Å². The number of rotatable bonds is 7. The summed E-state index contributed by atoms with van der Waals surface area (Å²) in [5.74, 6) is 1.31. The van der Waals surface area contributed by atoms with Gasteiger partial charge in [0.2, 0.25) is 0 Å². The molecule has 3 N–H and O–H groups in total. The first-order chi connectivity index (χ1) is 10.3. The Bertz CT molecular complexity index is 499. The molecule has 0 aliphatic carbocycles. The molecule has 0 radical (unpaired) electrons. The first-order valence-corrected chi connectivity index (χ1v) is 7.61. The number of aryl methyl sites for hydroxylation is 1. The average Bonchev–Trinajstić information content (AvgIpc) is 2.41. The highest BCUT2D eigenvalue weighted by Gasteiger charge is 2.10. The number of hydrogen-bond donors (Lipinski definition) is 2. The monoisotopic (exact) mass is 435 g/mol. The van der Waals surface area contributed by atoms with Crippen molar-refractivity contribution >= 4 is 29.9 Å². The predicted molar refractivity (Wildman–Crippen MR) is 107 cm³/mol. The van der Waals surface area contributed by atoms with Crippen molar-refractivity contribution in [2.75, 3.05) is 20.3 Å². The van der Waals surface area contributed by atoms with Gasteiger partial charge in [-0.15, -0.1) is 24.0 Å². The van der Waals surface area contributed by atoms with Crippen LogP contribution >= 0.6 is 24.0 Å². The Morgan fingerprint density at radius 2 is 1.96 bits per heavy atom. The van der Waals surface area contributed by atoms with E-state index in [1.54, 1.807) is 7.11 Å². The van der Waals surface area contributed by atoms with Gasteiger partial charge in [-0.1, -0.05) is 12.1 Å². The molecular formula is C17H30IN3O2. The number of methoxy groups -OCH3 is 1. The van der Waals surface area contributed by atoms with Crippen LogP contribution in [0.4, 0.5) is 0 Å². The number of aliphatic imine (C=N–C) groups is 1. The third-order valence-electron chi connectivity index (χ3n) is 2.90. The van der Waals surface area contributed by atoms with Crippen LogP contribution in [-0.2, 0) is 11.3 Å². The number of ether oxygens (including phenoxy) is 2. The molecule has 1 aromatic carbocycles. The minimum atomic E-state index is -0.0969. The molecule has 0 heterocycles. The summed E-state index contributed by atoms with van der Waals surface area (Å²) < 4.78 is 10.9. The number of nitrogens with one attached hydrogen (secondary N) is 1. The maximum absolute atomic E-state index is 5.91. The highest BCUT2D eigenvalue weighted by Crippen LogP contribution is 2.21. The minimum Gasteiger partial charge on any atom is -0.493 e. The van der Waals surface area contributed by atoms with Crippen molar-refractivity contribution in [3.8, 4) is 5.75 Å². The van der Waals surface area contributed by atoms with Crippen molar-refractivity contribution in [2.45, 2.75) is 46.2 Å². The van der Waals surface area contributed by atoms with Crippen LogP contribution in [0.15, 0.2) is 23.2 Å². The van der Waals surface area contributed by atoms with Crippen LogP contribution < -0.4 is 15.8 Å². The van der Waals surface area contributed by atoms with E-state index in [2.05, 4.69) is 16.4 Å². The third-order valence-corrected chi connectivity index (χ3v) is 2.90. The van der Waals surface area contributed by atoms with Gasteiger partial charge in [-0.05, 0) is 39.3 Å². The molecule has 0 fully saturated rings. The smallest absolute Gasteiger partial charge is 0.189 e. The summed E-state index contributed by atoms with van der Waals surface area (Å²) in [6.07, 6.45) is 0.862. The van der Waals surface area contributed by atoms with Gasteiger partial charge in [-0.25, -0.2) is 4.99 Å². The fourth-order valence-electron chi connectivity index (χ4n) is 1.91. The molecule has 23 heavy (non-hydrogen) atoms. The lowest BCUT2D eigenvalue weighted by Gasteiger charge is -2.21. The molecular weight excluding hydrogens is 405 g/mol. The number of nitrogens with two attached hydrogens (primary N) is 1. The van der Waals surface area contributed by atoms with Crippen molar-refractivity contribution in [3.63, 3.8) is 0 Å². The van der Waals surface area contributed by atoms with Gasteiger partial charge in [0.25, 0.3) is 0 Å². The minimum absolute atomic E-state index is 0. The molecule has 5 nitrogen and oxygen atoms in total. The van der Waals surface area contributed by atoms with E-state index < -0.39 is 0 Å². The predicted octanol–water partition coefficient (Wildman–Crippen LogP) is 3.23. The molecule has 0 unspecified atom stereocenters. The van der Waals surface area contributed by atoms with Crippen LogP contribution in [0, 0.1) is 6.92 Å². The first kappa shape index (κ1) is 22.0. The summed E-state index contributed by atoms with van der Waals surface area (Å²) in [6.45, 7) is 10.0. The Morgan fingerprint density at radius 1 is 1.26 bits per heavy atom. The van der Waals surface area contributed by atoms with Crippen molar-refractivity contribution in [1.29, 1.82) is 0 Å². The Morgan fingerprint density at radius 3 is 2.57 bits per heavy atom. The molecule has 6 heteroatoms. The second-order valence-corrected chi connectivity index (χ2v) is 6.38. The third kappa shape index (κ3) is 9.65. The Hall–Kier alpha value is -1.02. The molecule has 1 rings (SSSR count). The molecule has 0 bridgehead atoms. The Kier molecular flexibility index (Phi) is 10.2. The Balaban J connectivity index is 0.00000484. The molecule has 132 valence electrons. The number of nitrogens with zero attached hydrogens (tertiary/aromatic N) is 1. The summed E-state index contributed by atoms with van der Waals surface area (Å²) in [7, 11) is 1.69. The number of hydrogen-bond acceptors (Lipinski definition) is 3. The van der Waals surface area contributed by atoms with E-state index in [-0.39, 0.29) is 29.5 Å². The summed E-state index contributed by atoms with van der Waals surface area (Å²) >= 11 is 0. The number of benzene rings is 1. The van der Waals surface area contributed by atoms with Gasteiger partial charge < -0.3 is 20.5 Å². The lowest BCUT2D eigenvalue weighted by atomic mass is 10.1. The van der Waals surface area contributed by atoms with Crippen molar-refractivity contribution in [3.05, 3.63) is 29.3 Å². The van der Waals surface area contributed by atoms with Gasteiger partial charge in [-0.3, -0.25) is 0 Å². The van der Waals surface area contributed by atoms with Gasteiger partial charge >= 0.3 is 0 Å². The second-order valence-electron chi connectivity index (χ2n) is 6.38. The van der Waals surface area contributed by atoms with E-state index in [0.29, 0.717) is 25.7 Å².